The van der Waals surface area contributed by atoms with Crippen LogP contribution in [0.1, 0.15) is 60.0 Å². The van der Waals surface area contributed by atoms with E-state index in [9.17, 15) is 4.79 Å². The van der Waals surface area contributed by atoms with Crippen molar-refractivity contribution in [3.05, 3.63) is 106 Å². The minimum atomic E-state index is -0.138. The Hall–Kier alpha value is -1.83. The maximum absolute atomic E-state index is 13.4. The fourth-order valence-corrected chi connectivity index (χ4v) is 7.15. The standard InChI is InChI=1S/C34H41Cl2N3O.2ClH.H2O/c35-30-14-13-29(23-31(30)36)34(16-8-20-39(26-34)32(40)28-11-5-2-6-12-28)15-7-19-38-21-17-33(25-37,18-22-38)24-27-9-3-1-4-10-27;;;/h1-6,9-14,23H,7-8,15-22,24-26,37H2;2*1H;1H2. The molecule has 2 fully saturated rings. The van der Waals surface area contributed by atoms with Crippen LogP contribution in [0, 0.1) is 5.41 Å². The van der Waals surface area contributed by atoms with Crippen molar-refractivity contribution in [3.8, 4) is 0 Å². The maximum atomic E-state index is 13.4. The van der Waals surface area contributed by atoms with Crippen molar-refractivity contribution in [1.82, 2.24) is 9.80 Å². The predicted octanol–water partition coefficient (Wildman–Crippen LogP) is 7.25. The molecule has 5 rings (SSSR count). The van der Waals surface area contributed by atoms with Crippen LogP contribution in [-0.4, -0.2) is 60.5 Å². The summed E-state index contributed by atoms with van der Waals surface area (Å²) in [4.78, 5) is 18.1. The van der Waals surface area contributed by atoms with E-state index in [-0.39, 0.29) is 47.0 Å². The summed E-state index contributed by atoms with van der Waals surface area (Å²) in [6.07, 6.45) is 7.42. The first-order chi connectivity index (χ1) is 19.4. The summed E-state index contributed by atoms with van der Waals surface area (Å²) in [6, 6.07) is 26.5. The lowest BCUT2D eigenvalue weighted by Crippen LogP contribution is -2.49. The van der Waals surface area contributed by atoms with Crippen LogP contribution in [-0.2, 0) is 11.8 Å². The van der Waals surface area contributed by atoms with E-state index in [1.165, 1.54) is 11.1 Å². The first kappa shape index (κ1) is 37.4. The highest BCUT2D eigenvalue weighted by atomic mass is 35.5. The van der Waals surface area contributed by atoms with Crippen molar-refractivity contribution in [2.24, 2.45) is 11.1 Å². The molecule has 9 heteroatoms. The van der Waals surface area contributed by atoms with Gasteiger partial charge in [0.1, 0.15) is 0 Å². The minimum Gasteiger partial charge on any atom is -0.412 e. The van der Waals surface area contributed by atoms with E-state index in [1.807, 2.05) is 47.4 Å². The Morgan fingerprint density at radius 2 is 1.49 bits per heavy atom. The molecule has 1 atom stereocenters. The number of rotatable bonds is 9. The van der Waals surface area contributed by atoms with Gasteiger partial charge in [0, 0.05) is 24.1 Å². The second-order valence-corrected chi connectivity index (χ2v) is 12.7. The lowest BCUT2D eigenvalue weighted by molar-refractivity contribution is 0.0612. The van der Waals surface area contributed by atoms with E-state index in [0.717, 1.165) is 83.2 Å². The Morgan fingerprint density at radius 3 is 2.12 bits per heavy atom. The van der Waals surface area contributed by atoms with Crippen molar-refractivity contribution in [3.63, 3.8) is 0 Å². The monoisotopic (exact) mass is 667 g/mol. The summed E-state index contributed by atoms with van der Waals surface area (Å²) >= 11 is 12.8. The van der Waals surface area contributed by atoms with E-state index in [0.29, 0.717) is 16.6 Å². The van der Waals surface area contributed by atoms with Gasteiger partial charge < -0.3 is 21.0 Å². The summed E-state index contributed by atoms with van der Waals surface area (Å²) in [7, 11) is 0. The average molecular weight is 670 g/mol. The highest BCUT2D eigenvalue weighted by molar-refractivity contribution is 6.42. The Balaban J connectivity index is 0.00000215. The van der Waals surface area contributed by atoms with Gasteiger partial charge in [0.25, 0.3) is 5.91 Å². The van der Waals surface area contributed by atoms with Crippen LogP contribution in [0.3, 0.4) is 0 Å². The number of amides is 1. The van der Waals surface area contributed by atoms with Crippen molar-refractivity contribution in [2.45, 2.75) is 50.4 Å². The molecule has 1 amide bonds. The molecular weight excluding hydrogens is 624 g/mol. The quantitative estimate of drug-likeness (QED) is 0.261. The van der Waals surface area contributed by atoms with Gasteiger partial charge in [-0.1, -0.05) is 77.8 Å². The van der Waals surface area contributed by atoms with Gasteiger partial charge in [-0.25, -0.2) is 0 Å². The number of nitrogens with two attached hydrogens (primary N) is 1. The van der Waals surface area contributed by atoms with Crippen molar-refractivity contribution >= 4 is 53.9 Å². The summed E-state index contributed by atoms with van der Waals surface area (Å²) in [5.74, 6) is 0.109. The molecule has 0 spiro atoms. The van der Waals surface area contributed by atoms with Gasteiger partial charge in [-0.2, -0.15) is 0 Å². The number of piperidine rings is 2. The topological polar surface area (TPSA) is 81.1 Å². The van der Waals surface area contributed by atoms with Crippen LogP contribution in [0.25, 0.3) is 0 Å². The molecule has 0 aromatic heterocycles. The molecule has 2 aliphatic rings. The average Bonchev–Trinajstić information content (AvgIpc) is 3.00. The van der Waals surface area contributed by atoms with Gasteiger partial charge in [-0.3, -0.25) is 4.79 Å². The summed E-state index contributed by atoms with van der Waals surface area (Å²) in [5, 5.41) is 1.15. The maximum Gasteiger partial charge on any atom is 0.253 e. The fourth-order valence-electron chi connectivity index (χ4n) is 6.85. The number of likely N-dealkylation sites (tertiary alicyclic amines) is 2. The third kappa shape index (κ3) is 9.11. The first-order valence-corrected chi connectivity index (χ1v) is 15.4. The van der Waals surface area contributed by atoms with Gasteiger partial charge in [-0.15, -0.1) is 24.8 Å². The molecule has 3 aromatic rings. The fraction of sp³-hybridized carbons (Fsp3) is 0.441. The molecule has 4 N–H and O–H groups in total. The number of carbonyl (C=O) groups excluding carboxylic acids is 1. The SMILES string of the molecule is Cl.Cl.NCC1(Cc2ccccc2)CCN(CCCC2(c3ccc(Cl)c(Cl)c3)CCCN(C(=O)c3ccccc3)C2)CC1.O. The molecule has 2 saturated heterocycles. The zero-order chi connectivity index (χ0) is 28.0. The van der Waals surface area contributed by atoms with E-state index in [4.69, 9.17) is 28.9 Å². The molecule has 1 unspecified atom stereocenters. The van der Waals surface area contributed by atoms with E-state index in [1.54, 1.807) is 0 Å². The van der Waals surface area contributed by atoms with Gasteiger partial charge in [0.15, 0.2) is 0 Å². The Kier molecular flexibility index (Phi) is 14.8. The number of benzene rings is 3. The zero-order valence-corrected chi connectivity index (χ0v) is 27.8. The van der Waals surface area contributed by atoms with Crippen LogP contribution in [0.5, 0.6) is 0 Å². The third-order valence-electron chi connectivity index (χ3n) is 9.32. The van der Waals surface area contributed by atoms with E-state index < -0.39 is 0 Å². The number of hydrogen-bond donors (Lipinski definition) is 1. The molecule has 236 valence electrons. The van der Waals surface area contributed by atoms with E-state index >= 15 is 0 Å². The molecule has 43 heavy (non-hydrogen) atoms. The highest BCUT2D eigenvalue weighted by Gasteiger charge is 2.39. The van der Waals surface area contributed by atoms with Gasteiger partial charge in [-0.05, 0) is 112 Å². The predicted molar refractivity (Wildman–Crippen MR) is 184 cm³/mol. The Bertz CT molecular complexity index is 1270. The Morgan fingerprint density at radius 1 is 0.837 bits per heavy atom. The third-order valence-corrected chi connectivity index (χ3v) is 10.1. The van der Waals surface area contributed by atoms with Gasteiger partial charge in [0.2, 0.25) is 0 Å². The van der Waals surface area contributed by atoms with Crippen LogP contribution < -0.4 is 5.73 Å². The van der Waals surface area contributed by atoms with Crippen LogP contribution in [0.2, 0.25) is 10.0 Å². The van der Waals surface area contributed by atoms with E-state index in [2.05, 4.69) is 41.3 Å². The largest absolute Gasteiger partial charge is 0.412 e. The zero-order valence-electron chi connectivity index (χ0n) is 24.7. The lowest BCUT2D eigenvalue weighted by Gasteiger charge is -2.45. The lowest BCUT2D eigenvalue weighted by atomic mass is 9.70. The smallest absolute Gasteiger partial charge is 0.253 e. The number of hydrogen-bond acceptors (Lipinski definition) is 3. The summed E-state index contributed by atoms with van der Waals surface area (Å²) < 4.78 is 0. The first-order valence-electron chi connectivity index (χ1n) is 14.7. The minimum absolute atomic E-state index is 0. The molecule has 2 aliphatic heterocycles. The Labute approximate surface area is 279 Å². The molecule has 3 aromatic carbocycles. The number of nitrogens with zero attached hydrogens (tertiary/aromatic N) is 2. The second-order valence-electron chi connectivity index (χ2n) is 11.9. The van der Waals surface area contributed by atoms with Crippen LogP contribution in [0.15, 0.2) is 78.9 Å². The normalized spacial score (nSPS) is 19.8. The molecule has 0 saturated carbocycles. The van der Waals surface area contributed by atoms with Crippen LogP contribution in [0.4, 0.5) is 0 Å². The van der Waals surface area contributed by atoms with Crippen LogP contribution >= 0.6 is 48.0 Å². The number of carbonyl (C=O) groups is 1. The highest BCUT2D eigenvalue weighted by Crippen LogP contribution is 2.41. The molecule has 0 bridgehead atoms. The second kappa shape index (κ2) is 17.0. The van der Waals surface area contributed by atoms with Gasteiger partial charge >= 0.3 is 0 Å². The molecular formula is C34H45Cl4N3O2. The van der Waals surface area contributed by atoms with Crippen molar-refractivity contribution in [1.29, 1.82) is 0 Å². The van der Waals surface area contributed by atoms with Gasteiger partial charge in [0.05, 0.1) is 10.0 Å². The van der Waals surface area contributed by atoms with Crippen molar-refractivity contribution in [2.75, 3.05) is 39.3 Å². The molecule has 0 radical (unpaired) electrons. The summed E-state index contributed by atoms with van der Waals surface area (Å²) in [6.45, 7) is 5.45. The molecule has 0 aliphatic carbocycles. The molecule has 2 heterocycles. The van der Waals surface area contributed by atoms with Crippen molar-refractivity contribution < 1.29 is 10.3 Å². The summed E-state index contributed by atoms with van der Waals surface area (Å²) in [5.41, 5.74) is 9.73. The molecule has 5 nitrogen and oxygen atoms in total. The number of halogens is 4.